The molecule has 80 valence electrons. The molecule has 2 N–H and O–H groups in total. The van der Waals surface area contributed by atoms with Crippen LogP contribution >= 0.6 is 11.8 Å². The van der Waals surface area contributed by atoms with E-state index in [9.17, 15) is 9.59 Å². The first-order chi connectivity index (χ1) is 6.61. The molecule has 0 bridgehead atoms. The maximum Gasteiger partial charge on any atom is 0.412 e. The minimum atomic E-state index is -1.07. The normalized spacial score (nSPS) is 11.5. The maximum atomic E-state index is 10.8. The van der Waals surface area contributed by atoms with E-state index >= 15 is 0 Å². The zero-order valence-electron chi connectivity index (χ0n) is 7.86. The van der Waals surface area contributed by atoms with Crippen LogP contribution in [-0.2, 0) is 9.53 Å². The lowest BCUT2D eigenvalue weighted by Crippen LogP contribution is -2.40. The van der Waals surface area contributed by atoms with Crippen molar-refractivity contribution in [3.05, 3.63) is 12.8 Å². The first-order valence-electron chi connectivity index (χ1n) is 3.91. The van der Waals surface area contributed by atoms with Crippen LogP contribution in [-0.4, -0.2) is 35.2 Å². The molecule has 0 rings (SSSR count). The van der Waals surface area contributed by atoms with Crippen LogP contribution in [0.3, 0.4) is 0 Å². The Balaban J connectivity index is 4.01. The second-order valence-electron chi connectivity index (χ2n) is 2.39. The van der Waals surface area contributed by atoms with E-state index in [1.807, 2.05) is 6.26 Å². The summed E-state index contributed by atoms with van der Waals surface area (Å²) in [6.07, 6.45) is 2.38. The Labute approximate surface area is 86.5 Å². The van der Waals surface area contributed by atoms with Gasteiger partial charge in [0.05, 0.1) is 6.26 Å². The Morgan fingerprint density at radius 3 is 2.79 bits per heavy atom. The van der Waals surface area contributed by atoms with E-state index in [1.165, 1.54) is 11.8 Å². The molecule has 0 saturated heterocycles. The zero-order valence-corrected chi connectivity index (χ0v) is 8.67. The molecule has 0 unspecified atom stereocenters. The number of alkyl carbamates (subject to hydrolysis) is 1. The van der Waals surface area contributed by atoms with E-state index in [1.54, 1.807) is 0 Å². The van der Waals surface area contributed by atoms with E-state index in [0.717, 1.165) is 6.26 Å². The van der Waals surface area contributed by atoms with Gasteiger partial charge < -0.3 is 15.2 Å². The molecule has 14 heavy (non-hydrogen) atoms. The zero-order chi connectivity index (χ0) is 11.0. The van der Waals surface area contributed by atoms with Crippen molar-refractivity contribution in [2.75, 3.05) is 12.0 Å². The monoisotopic (exact) mass is 219 g/mol. The number of rotatable bonds is 6. The van der Waals surface area contributed by atoms with Crippen molar-refractivity contribution in [3.8, 4) is 0 Å². The van der Waals surface area contributed by atoms with Crippen molar-refractivity contribution < 1.29 is 19.4 Å². The minimum absolute atomic E-state index is 0.364. The molecule has 6 heteroatoms. The number of ether oxygens (including phenoxy) is 1. The van der Waals surface area contributed by atoms with Gasteiger partial charge in [-0.1, -0.05) is 6.58 Å². The average molecular weight is 219 g/mol. The number of carbonyl (C=O) groups is 2. The third-order valence-corrected chi connectivity index (χ3v) is 2.04. The smallest absolute Gasteiger partial charge is 0.412 e. The highest BCUT2D eigenvalue weighted by atomic mass is 32.2. The van der Waals surface area contributed by atoms with Gasteiger partial charge in [0.2, 0.25) is 0 Å². The van der Waals surface area contributed by atoms with Gasteiger partial charge in [0.15, 0.2) is 0 Å². The first kappa shape index (κ1) is 12.8. The minimum Gasteiger partial charge on any atom is -0.480 e. The fourth-order valence-electron chi connectivity index (χ4n) is 0.745. The average Bonchev–Trinajstić information content (AvgIpc) is 2.12. The molecule has 0 aliphatic carbocycles. The number of hydrogen-bond donors (Lipinski definition) is 2. The molecule has 0 aromatic carbocycles. The summed E-state index contributed by atoms with van der Waals surface area (Å²) < 4.78 is 4.35. The lowest BCUT2D eigenvalue weighted by atomic mass is 10.2. The van der Waals surface area contributed by atoms with Crippen LogP contribution in [0.2, 0.25) is 0 Å². The molecule has 0 aromatic rings. The van der Waals surface area contributed by atoms with Crippen LogP contribution in [0.4, 0.5) is 4.79 Å². The van der Waals surface area contributed by atoms with Gasteiger partial charge in [-0.3, -0.25) is 0 Å². The quantitative estimate of drug-likeness (QED) is 0.653. The SMILES string of the molecule is C=COC(=O)N[C@@H](CCSC)C(=O)O. The maximum absolute atomic E-state index is 10.8. The van der Waals surface area contributed by atoms with Gasteiger partial charge in [-0.15, -0.1) is 0 Å². The molecule has 0 heterocycles. The fourth-order valence-corrected chi connectivity index (χ4v) is 1.22. The molecule has 0 radical (unpaired) electrons. The molecule has 1 atom stereocenters. The van der Waals surface area contributed by atoms with Crippen LogP contribution in [0.15, 0.2) is 12.8 Å². The van der Waals surface area contributed by atoms with Crippen LogP contribution in [0.1, 0.15) is 6.42 Å². The Bertz CT molecular complexity index is 219. The summed E-state index contributed by atoms with van der Waals surface area (Å²) >= 11 is 1.51. The Kier molecular flexibility index (Phi) is 6.65. The van der Waals surface area contributed by atoms with Crippen molar-refractivity contribution >= 4 is 23.8 Å². The van der Waals surface area contributed by atoms with Crippen molar-refractivity contribution in [2.45, 2.75) is 12.5 Å². The van der Waals surface area contributed by atoms with Crippen LogP contribution in [0.5, 0.6) is 0 Å². The van der Waals surface area contributed by atoms with Crippen LogP contribution in [0, 0.1) is 0 Å². The van der Waals surface area contributed by atoms with Gasteiger partial charge in [0.1, 0.15) is 6.04 Å². The molecular formula is C8H13NO4S. The van der Waals surface area contributed by atoms with E-state index in [0.29, 0.717) is 12.2 Å². The highest BCUT2D eigenvalue weighted by Gasteiger charge is 2.19. The highest BCUT2D eigenvalue weighted by molar-refractivity contribution is 7.98. The number of aliphatic carboxylic acids is 1. The second kappa shape index (κ2) is 7.25. The topological polar surface area (TPSA) is 75.6 Å². The molecule has 1 amide bonds. The summed E-state index contributed by atoms with van der Waals surface area (Å²) in [6, 6.07) is -0.908. The summed E-state index contributed by atoms with van der Waals surface area (Å²) in [7, 11) is 0. The van der Waals surface area contributed by atoms with Crippen molar-refractivity contribution in [1.29, 1.82) is 0 Å². The Morgan fingerprint density at radius 2 is 2.36 bits per heavy atom. The molecule has 0 aliphatic rings. The second-order valence-corrected chi connectivity index (χ2v) is 3.37. The Morgan fingerprint density at radius 1 is 1.71 bits per heavy atom. The van der Waals surface area contributed by atoms with E-state index in [2.05, 4.69) is 16.6 Å². The molecule has 0 aliphatic heterocycles. The van der Waals surface area contributed by atoms with Crippen molar-refractivity contribution in [1.82, 2.24) is 5.32 Å². The number of carbonyl (C=O) groups excluding carboxylic acids is 1. The Hall–Kier alpha value is -1.17. The number of hydrogen-bond acceptors (Lipinski definition) is 4. The van der Waals surface area contributed by atoms with Crippen molar-refractivity contribution in [2.24, 2.45) is 0 Å². The fraction of sp³-hybridized carbons (Fsp3) is 0.500. The van der Waals surface area contributed by atoms with Crippen LogP contribution < -0.4 is 5.32 Å². The summed E-state index contributed by atoms with van der Waals surface area (Å²) in [5.74, 6) is -0.411. The van der Waals surface area contributed by atoms with Crippen molar-refractivity contribution in [3.63, 3.8) is 0 Å². The summed E-state index contributed by atoms with van der Waals surface area (Å²) in [6.45, 7) is 3.18. The number of amides is 1. The van der Waals surface area contributed by atoms with Gasteiger partial charge in [-0.25, -0.2) is 9.59 Å². The largest absolute Gasteiger partial charge is 0.480 e. The van der Waals surface area contributed by atoms with Gasteiger partial charge in [0.25, 0.3) is 0 Å². The molecule has 0 aromatic heterocycles. The van der Waals surface area contributed by atoms with Crippen LogP contribution in [0.25, 0.3) is 0 Å². The summed E-state index contributed by atoms with van der Waals surface area (Å²) in [4.78, 5) is 21.5. The predicted octanol–water partition coefficient (Wildman–Crippen LogP) is 1.06. The number of carboxylic acids is 1. The highest BCUT2D eigenvalue weighted by Crippen LogP contribution is 2.01. The van der Waals surface area contributed by atoms with E-state index < -0.39 is 18.1 Å². The third kappa shape index (κ3) is 5.47. The summed E-state index contributed by atoms with van der Waals surface area (Å²) in [5.41, 5.74) is 0. The first-order valence-corrected chi connectivity index (χ1v) is 5.31. The molecule has 0 spiro atoms. The summed E-state index contributed by atoms with van der Waals surface area (Å²) in [5, 5.41) is 10.9. The molecule has 0 saturated carbocycles. The molecule has 5 nitrogen and oxygen atoms in total. The van der Waals surface area contributed by atoms with Gasteiger partial charge in [-0.05, 0) is 18.4 Å². The third-order valence-electron chi connectivity index (χ3n) is 1.39. The van der Waals surface area contributed by atoms with Gasteiger partial charge in [-0.2, -0.15) is 11.8 Å². The lowest BCUT2D eigenvalue weighted by molar-refractivity contribution is -0.139. The molecular weight excluding hydrogens is 206 g/mol. The number of thioether (sulfide) groups is 1. The predicted molar refractivity (Wildman–Crippen MR) is 54.2 cm³/mol. The van der Waals surface area contributed by atoms with Gasteiger partial charge in [0, 0.05) is 0 Å². The standard InChI is InChI=1S/C8H13NO4S/c1-3-13-8(12)9-6(7(10)11)4-5-14-2/h3,6H,1,4-5H2,2H3,(H,9,12)(H,10,11)/t6-/m0/s1. The number of carboxylic acid groups (broad SMARTS) is 1. The van der Waals surface area contributed by atoms with E-state index in [4.69, 9.17) is 5.11 Å². The van der Waals surface area contributed by atoms with E-state index in [-0.39, 0.29) is 0 Å². The molecule has 0 fully saturated rings. The number of nitrogens with one attached hydrogen (secondary N) is 1. The lowest BCUT2D eigenvalue weighted by Gasteiger charge is -2.12. The van der Waals surface area contributed by atoms with Gasteiger partial charge >= 0.3 is 12.1 Å².